The Morgan fingerprint density at radius 1 is 1.32 bits per heavy atom. The fourth-order valence-electron chi connectivity index (χ4n) is 2.39. The highest BCUT2D eigenvalue weighted by Gasteiger charge is 2.27. The first-order valence-corrected chi connectivity index (χ1v) is 7.76. The summed E-state index contributed by atoms with van der Waals surface area (Å²) < 4.78 is 13.5. The molecular formula is C15H11FN4OS. The second kappa shape index (κ2) is 5.10. The van der Waals surface area contributed by atoms with E-state index in [9.17, 15) is 9.18 Å². The van der Waals surface area contributed by atoms with E-state index in [0.29, 0.717) is 27.5 Å². The Bertz CT molecular complexity index is 861. The largest absolute Gasteiger partial charge is 0.296 e. The summed E-state index contributed by atoms with van der Waals surface area (Å²) in [4.78, 5) is 17.1. The predicted molar refractivity (Wildman–Crippen MR) is 81.5 cm³/mol. The number of rotatable bonds is 3. The molecule has 0 radical (unpaired) electrons. The molecule has 4 rings (SSSR count). The number of carbonyl (C=O) groups is 1. The maximum absolute atomic E-state index is 13.5. The van der Waals surface area contributed by atoms with Gasteiger partial charge in [0.25, 0.3) is 5.91 Å². The third kappa shape index (κ3) is 2.43. The van der Waals surface area contributed by atoms with Crippen molar-refractivity contribution in [2.24, 2.45) is 0 Å². The molecule has 22 heavy (non-hydrogen) atoms. The van der Waals surface area contributed by atoms with Gasteiger partial charge in [0.15, 0.2) is 0 Å². The van der Waals surface area contributed by atoms with Crippen molar-refractivity contribution in [3.63, 3.8) is 0 Å². The van der Waals surface area contributed by atoms with E-state index in [2.05, 4.69) is 20.5 Å². The quantitative estimate of drug-likeness (QED) is 0.805. The maximum atomic E-state index is 13.5. The lowest BCUT2D eigenvalue weighted by molar-refractivity contribution is 0.102. The van der Waals surface area contributed by atoms with E-state index in [0.717, 1.165) is 18.5 Å². The van der Waals surface area contributed by atoms with Crippen LogP contribution in [0.25, 0.3) is 10.9 Å². The molecule has 2 heterocycles. The zero-order chi connectivity index (χ0) is 15.1. The number of benzene rings is 1. The SMILES string of the molecule is O=C(Nc1nncs1)c1cc(C2CC2)nc2ccc(F)cc12. The molecule has 1 amide bonds. The Balaban J connectivity index is 1.82. The normalized spacial score (nSPS) is 14.2. The second-order valence-electron chi connectivity index (χ2n) is 5.23. The molecule has 1 aliphatic carbocycles. The van der Waals surface area contributed by atoms with Gasteiger partial charge in [0, 0.05) is 17.0 Å². The molecule has 0 aliphatic heterocycles. The predicted octanol–water partition coefficient (Wildman–Crippen LogP) is 3.36. The fourth-order valence-corrected chi connectivity index (χ4v) is 2.83. The van der Waals surface area contributed by atoms with Crippen LogP contribution in [-0.2, 0) is 0 Å². The van der Waals surface area contributed by atoms with Crippen LogP contribution in [0.4, 0.5) is 9.52 Å². The van der Waals surface area contributed by atoms with Crippen LogP contribution in [0, 0.1) is 5.82 Å². The number of carbonyl (C=O) groups excluding carboxylic acids is 1. The lowest BCUT2D eigenvalue weighted by Gasteiger charge is -2.09. The maximum Gasteiger partial charge on any atom is 0.258 e. The highest BCUT2D eigenvalue weighted by atomic mass is 32.1. The number of nitrogens with one attached hydrogen (secondary N) is 1. The number of hydrogen-bond donors (Lipinski definition) is 1. The smallest absolute Gasteiger partial charge is 0.258 e. The lowest BCUT2D eigenvalue weighted by Crippen LogP contribution is -2.13. The third-order valence-electron chi connectivity index (χ3n) is 3.61. The molecule has 7 heteroatoms. The molecule has 0 spiro atoms. The fraction of sp³-hybridized carbons (Fsp3) is 0.200. The first-order chi connectivity index (χ1) is 10.7. The van der Waals surface area contributed by atoms with E-state index in [1.165, 1.54) is 29.0 Å². The van der Waals surface area contributed by atoms with Gasteiger partial charge < -0.3 is 0 Å². The number of halogens is 1. The molecule has 0 bridgehead atoms. The average Bonchev–Trinajstić information content (AvgIpc) is 3.24. The van der Waals surface area contributed by atoms with Crippen molar-refractivity contribution >= 4 is 33.3 Å². The number of anilines is 1. The van der Waals surface area contributed by atoms with Crippen LogP contribution >= 0.6 is 11.3 Å². The molecule has 0 unspecified atom stereocenters. The third-order valence-corrected chi connectivity index (χ3v) is 4.22. The van der Waals surface area contributed by atoms with Gasteiger partial charge in [-0.3, -0.25) is 15.1 Å². The molecule has 1 fully saturated rings. The molecular weight excluding hydrogens is 303 g/mol. The van der Waals surface area contributed by atoms with Gasteiger partial charge in [-0.1, -0.05) is 11.3 Å². The zero-order valence-electron chi connectivity index (χ0n) is 11.4. The standard InChI is InChI=1S/C15H11FN4OS/c16-9-3-4-12-10(5-9)11(6-13(18-12)8-1-2-8)14(21)19-15-20-17-7-22-15/h3-8H,1-2H2,(H,19,20,21). The summed E-state index contributed by atoms with van der Waals surface area (Å²) in [6, 6.07) is 6.07. The number of pyridine rings is 1. The number of fused-ring (bicyclic) bond motifs is 1. The molecule has 5 nitrogen and oxygen atoms in total. The summed E-state index contributed by atoms with van der Waals surface area (Å²) in [7, 11) is 0. The Morgan fingerprint density at radius 2 is 2.18 bits per heavy atom. The van der Waals surface area contributed by atoms with E-state index >= 15 is 0 Å². The summed E-state index contributed by atoms with van der Waals surface area (Å²) in [6.45, 7) is 0. The highest BCUT2D eigenvalue weighted by Crippen LogP contribution is 2.40. The van der Waals surface area contributed by atoms with Crippen molar-refractivity contribution in [2.45, 2.75) is 18.8 Å². The van der Waals surface area contributed by atoms with Crippen LogP contribution < -0.4 is 5.32 Å². The number of nitrogens with zero attached hydrogens (tertiary/aromatic N) is 3. The second-order valence-corrected chi connectivity index (χ2v) is 6.06. The number of aromatic nitrogens is 3. The highest BCUT2D eigenvalue weighted by molar-refractivity contribution is 7.13. The van der Waals surface area contributed by atoms with Crippen molar-refractivity contribution in [3.8, 4) is 0 Å². The Hall–Kier alpha value is -2.41. The molecule has 1 N–H and O–H groups in total. The van der Waals surface area contributed by atoms with Crippen LogP contribution in [0.15, 0.2) is 29.8 Å². The Kier molecular flexibility index (Phi) is 3.07. The summed E-state index contributed by atoms with van der Waals surface area (Å²) in [5.41, 5.74) is 3.48. The molecule has 2 aromatic heterocycles. The minimum atomic E-state index is -0.390. The zero-order valence-corrected chi connectivity index (χ0v) is 12.2. The molecule has 0 atom stereocenters. The van der Waals surface area contributed by atoms with Crippen molar-refractivity contribution in [1.82, 2.24) is 15.2 Å². The van der Waals surface area contributed by atoms with Crippen molar-refractivity contribution in [1.29, 1.82) is 0 Å². The van der Waals surface area contributed by atoms with E-state index in [4.69, 9.17) is 0 Å². The van der Waals surface area contributed by atoms with Gasteiger partial charge in [-0.05, 0) is 37.1 Å². The number of amides is 1. The lowest BCUT2D eigenvalue weighted by atomic mass is 10.1. The Morgan fingerprint density at radius 3 is 2.91 bits per heavy atom. The molecule has 0 saturated heterocycles. The van der Waals surface area contributed by atoms with Crippen LogP contribution in [0.3, 0.4) is 0 Å². The summed E-state index contributed by atoms with van der Waals surface area (Å²) in [6.07, 6.45) is 2.16. The van der Waals surface area contributed by atoms with Crippen LogP contribution in [0.1, 0.15) is 34.8 Å². The monoisotopic (exact) mass is 314 g/mol. The van der Waals surface area contributed by atoms with Crippen molar-refractivity contribution in [2.75, 3.05) is 5.32 Å². The first kappa shape index (κ1) is 13.3. The van der Waals surface area contributed by atoms with E-state index in [1.54, 1.807) is 12.1 Å². The van der Waals surface area contributed by atoms with Gasteiger partial charge in [0.2, 0.25) is 5.13 Å². The van der Waals surface area contributed by atoms with Crippen molar-refractivity contribution < 1.29 is 9.18 Å². The van der Waals surface area contributed by atoms with Gasteiger partial charge >= 0.3 is 0 Å². The van der Waals surface area contributed by atoms with Gasteiger partial charge in [0.05, 0.1) is 11.1 Å². The molecule has 110 valence electrons. The topological polar surface area (TPSA) is 67.8 Å². The van der Waals surface area contributed by atoms with Gasteiger partial charge in [-0.15, -0.1) is 10.2 Å². The van der Waals surface area contributed by atoms with Gasteiger partial charge in [-0.25, -0.2) is 4.39 Å². The first-order valence-electron chi connectivity index (χ1n) is 6.88. The van der Waals surface area contributed by atoms with E-state index < -0.39 is 5.82 Å². The molecule has 3 aromatic rings. The van der Waals surface area contributed by atoms with Crippen LogP contribution in [-0.4, -0.2) is 21.1 Å². The van der Waals surface area contributed by atoms with Crippen LogP contribution in [0.5, 0.6) is 0 Å². The van der Waals surface area contributed by atoms with E-state index in [1.807, 2.05) is 0 Å². The minimum absolute atomic E-state index is 0.323. The molecule has 1 aromatic carbocycles. The summed E-state index contributed by atoms with van der Waals surface area (Å²) in [5, 5.41) is 11.1. The van der Waals surface area contributed by atoms with E-state index in [-0.39, 0.29) is 5.91 Å². The van der Waals surface area contributed by atoms with Gasteiger partial charge in [0.1, 0.15) is 11.3 Å². The Labute approximate surface area is 129 Å². The van der Waals surface area contributed by atoms with Crippen molar-refractivity contribution in [3.05, 3.63) is 46.9 Å². The summed E-state index contributed by atoms with van der Waals surface area (Å²) >= 11 is 1.23. The summed E-state index contributed by atoms with van der Waals surface area (Å²) in [5.74, 6) is -0.308. The number of hydrogen-bond acceptors (Lipinski definition) is 5. The minimum Gasteiger partial charge on any atom is -0.296 e. The van der Waals surface area contributed by atoms with Crippen LogP contribution in [0.2, 0.25) is 0 Å². The molecule has 1 aliphatic rings. The molecule has 1 saturated carbocycles. The van der Waals surface area contributed by atoms with Gasteiger partial charge in [-0.2, -0.15) is 0 Å². The average molecular weight is 314 g/mol.